The molecule has 0 fully saturated rings. The Labute approximate surface area is 113 Å². The molecular weight excluding hydrogens is 238 g/mol. The summed E-state index contributed by atoms with van der Waals surface area (Å²) in [5.41, 5.74) is 8.57. The van der Waals surface area contributed by atoms with E-state index in [9.17, 15) is 5.11 Å². The molecule has 3 N–H and O–H groups in total. The standard InChI is InChI=1S/C16H19NO2/c1-12-4-2-5-13(8-12)11-19-15-7-3-6-14(9-15)16(18)10-17/h2-9,16,18H,10-11,17H2,1H3. The van der Waals surface area contributed by atoms with Crippen LogP contribution < -0.4 is 10.5 Å². The zero-order chi connectivity index (χ0) is 13.7. The van der Waals surface area contributed by atoms with E-state index >= 15 is 0 Å². The first-order chi connectivity index (χ1) is 9.19. The predicted molar refractivity (Wildman–Crippen MR) is 76.0 cm³/mol. The van der Waals surface area contributed by atoms with Gasteiger partial charge in [-0.3, -0.25) is 0 Å². The average Bonchev–Trinajstić information content (AvgIpc) is 2.45. The van der Waals surface area contributed by atoms with Gasteiger partial charge in [-0.15, -0.1) is 0 Å². The SMILES string of the molecule is Cc1cccc(COc2cccc(C(O)CN)c2)c1. The summed E-state index contributed by atoms with van der Waals surface area (Å²) in [6.45, 7) is 2.78. The maximum absolute atomic E-state index is 9.69. The van der Waals surface area contributed by atoms with E-state index in [1.54, 1.807) is 0 Å². The van der Waals surface area contributed by atoms with Crippen molar-refractivity contribution >= 4 is 0 Å². The van der Waals surface area contributed by atoms with Crippen LogP contribution in [0.2, 0.25) is 0 Å². The molecule has 0 saturated heterocycles. The highest BCUT2D eigenvalue weighted by Gasteiger charge is 2.06. The van der Waals surface area contributed by atoms with Crippen molar-refractivity contribution in [3.63, 3.8) is 0 Å². The summed E-state index contributed by atoms with van der Waals surface area (Å²) in [5.74, 6) is 0.742. The van der Waals surface area contributed by atoms with Crippen LogP contribution >= 0.6 is 0 Å². The zero-order valence-corrected chi connectivity index (χ0v) is 11.0. The third kappa shape index (κ3) is 3.81. The van der Waals surface area contributed by atoms with Gasteiger partial charge in [-0.05, 0) is 30.2 Å². The molecule has 0 radical (unpaired) electrons. The highest BCUT2D eigenvalue weighted by atomic mass is 16.5. The van der Waals surface area contributed by atoms with Gasteiger partial charge in [0.2, 0.25) is 0 Å². The largest absolute Gasteiger partial charge is 0.489 e. The van der Waals surface area contributed by atoms with Crippen molar-refractivity contribution in [2.45, 2.75) is 19.6 Å². The molecule has 2 rings (SSSR count). The Morgan fingerprint density at radius 3 is 2.68 bits per heavy atom. The first-order valence-corrected chi connectivity index (χ1v) is 6.35. The van der Waals surface area contributed by atoms with E-state index in [-0.39, 0.29) is 6.54 Å². The maximum atomic E-state index is 9.69. The molecule has 0 heterocycles. The first-order valence-electron chi connectivity index (χ1n) is 6.35. The van der Waals surface area contributed by atoms with Crippen LogP contribution in [-0.4, -0.2) is 11.7 Å². The topological polar surface area (TPSA) is 55.5 Å². The summed E-state index contributed by atoms with van der Waals surface area (Å²) in [7, 11) is 0. The minimum Gasteiger partial charge on any atom is -0.489 e. The predicted octanol–water partition coefficient (Wildman–Crippen LogP) is 2.57. The maximum Gasteiger partial charge on any atom is 0.120 e. The van der Waals surface area contributed by atoms with Gasteiger partial charge in [-0.1, -0.05) is 42.0 Å². The highest BCUT2D eigenvalue weighted by molar-refractivity contribution is 5.30. The summed E-state index contributed by atoms with van der Waals surface area (Å²) < 4.78 is 5.73. The molecule has 0 aromatic heterocycles. The molecule has 0 saturated carbocycles. The second kappa shape index (κ2) is 6.36. The highest BCUT2D eigenvalue weighted by Crippen LogP contribution is 2.19. The van der Waals surface area contributed by atoms with Crippen LogP contribution in [0.3, 0.4) is 0 Å². The molecule has 0 amide bonds. The van der Waals surface area contributed by atoms with Crippen LogP contribution in [-0.2, 0) is 6.61 Å². The van der Waals surface area contributed by atoms with Crippen molar-refractivity contribution in [3.05, 3.63) is 65.2 Å². The quantitative estimate of drug-likeness (QED) is 0.865. The number of aliphatic hydroxyl groups excluding tert-OH is 1. The molecule has 2 aromatic carbocycles. The summed E-state index contributed by atoms with van der Waals surface area (Å²) >= 11 is 0. The number of aliphatic hydroxyl groups is 1. The lowest BCUT2D eigenvalue weighted by Crippen LogP contribution is -2.11. The van der Waals surface area contributed by atoms with Crippen LogP contribution in [0.25, 0.3) is 0 Å². The molecule has 2 aromatic rings. The molecule has 3 heteroatoms. The lowest BCUT2D eigenvalue weighted by atomic mass is 10.1. The second-order valence-corrected chi connectivity index (χ2v) is 4.60. The Balaban J connectivity index is 2.03. The van der Waals surface area contributed by atoms with Gasteiger partial charge >= 0.3 is 0 Å². The summed E-state index contributed by atoms with van der Waals surface area (Å²) in [5, 5.41) is 9.69. The van der Waals surface area contributed by atoms with Crippen molar-refractivity contribution in [1.82, 2.24) is 0 Å². The lowest BCUT2D eigenvalue weighted by Gasteiger charge is -2.11. The number of ether oxygens (including phenoxy) is 1. The van der Waals surface area contributed by atoms with Crippen LogP contribution in [0.15, 0.2) is 48.5 Å². The fourth-order valence-electron chi connectivity index (χ4n) is 1.92. The van der Waals surface area contributed by atoms with Crippen LogP contribution in [0.5, 0.6) is 5.75 Å². The second-order valence-electron chi connectivity index (χ2n) is 4.60. The van der Waals surface area contributed by atoms with E-state index in [0.717, 1.165) is 16.9 Å². The van der Waals surface area contributed by atoms with Crippen molar-refractivity contribution in [2.24, 2.45) is 5.73 Å². The number of rotatable bonds is 5. The third-order valence-electron chi connectivity index (χ3n) is 2.95. The van der Waals surface area contributed by atoms with Gasteiger partial charge < -0.3 is 15.6 Å². The molecule has 1 unspecified atom stereocenters. The van der Waals surface area contributed by atoms with E-state index < -0.39 is 6.10 Å². The van der Waals surface area contributed by atoms with Crippen molar-refractivity contribution in [1.29, 1.82) is 0 Å². The van der Waals surface area contributed by atoms with Gasteiger partial charge in [0, 0.05) is 6.54 Å². The number of benzene rings is 2. The Bertz CT molecular complexity index is 540. The summed E-state index contributed by atoms with van der Waals surface area (Å²) in [6, 6.07) is 15.6. The minimum atomic E-state index is -0.637. The van der Waals surface area contributed by atoms with E-state index in [1.807, 2.05) is 36.4 Å². The molecule has 1 atom stereocenters. The van der Waals surface area contributed by atoms with Gasteiger partial charge in [0.05, 0.1) is 6.10 Å². The van der Waals surface area contributed by atoms with Gasteiger partial charge in [0.1, 0.15) is 12.4 Å². The third-order valence-corrected chi connectivity index (χ3v) is 2.95. The fraction of sp³-hybridized carbons (Fsp3) is 0.250. The van der Waals surface area contributed by atoms with Gasteiger partial charge in [0.25, 0.3) is 0 Å². The van der Waals surface area contributed by atoms with Crippen molar-refractivity contribution < 1.29 is 9.84 Å². The number of hydrogen-bond acceptors (Lipinski definition) is 3. The van der Waals surface area contributed by atoms with Crippen molar-refractivity contribution in [2.75, 3.05) is 6.54 Å². The van der Waals surface area contributed by atoms with Crippen LogP contribution in [0.1, 0.15) is 22.8 Å². The molecule has 100 valence electrons. The van der Waals surface area contributed by atoms with E-state index in [0.29, 0.717) is 6.61 Å². The minimum absolute atomic E-state index is 0.210. The zero-order valence-electron chi connectivity index (χ0n) is 11.0. The van der Waals surface area contributed by atoms with E-state index in [2.05, 4.69) is 19.1 Å². The Hall–Kier alpha value is -1.84. The molecule has 0 aliphatic heterocycles. The number of nitrogens with two attached hydrogens (primary N) is 1. The van der Waals surface area contributed by atoms with E-state index in [4.69, 9.17) is 10.5 Å². The number of aryl methyl sites for hydroxylation is 1. The van der Waals surface area contributed by atoms with Gasteiger partial charge in [0.15, 0.2) is 0 Å². The molecular formula is C16H19NO2. The number of hydrogen-bond donors (Lipinski definition) is 2. The first kappa shape index (κ1) is 13.6. The monoisotopic (exact) mass is 257 g/mol. The summed E-state index contributed by atoms with van der Waals surface area (Å²) in [4.78, 5) is 0. The lowest BCUT2D eigenvalue weighted by molar-refractivity contribution is 0.186. The Morgan fingerprint density at radius 2 is 1.95 bits per heavy atom. The molecule has 19 heavy (non-hydrogen) atoms. The fourth-order valence-corrected chi connectivity index (χ4v) is 1.92. The Kier molecular flexibility index (Phi) is 4.55. The molecule has 0 spiro atoms. The average molecular weight is 257 g/mol. The van der Waals surface area contributed by atoms with Crippen LogP contribution in [0, 0.1) is 6.92 Å². The molecule has 0 bridgehead atoms. The van der Waals surface area contributed by atoms with Crippen molar-refractivity contribution in [3.8, 4) is 5.75 Å². The van der Waals surface area contributed by atoms with Gasteiger partial charge in [-0.25, -0.2) is 0 Å². The normalized spacial score (nSPS) is 12.2. The molecule has 3 nitrogen and oxygen atoms in total. The van der Waals surface area contributed by atoms with E-state index in [1.165, 1.54) is 5.56 Å². The van der Waals surface area contributed by atoms with Gasteiger partial charge in [-0.2, -0.15) is 0 Å². The summed E-state index contributed by atoms with van der Waals surface area (Å²) in [6.07, 6.45) is -0.637. The molecule has 0 aliphatic rings. The Morgan fingerprint density at radius 1 is 1.16 bits per heavy atom. The smallest absolute Gasteiger partial charge is 0.120 e. The molecule has 0 aliphatic carbocycles. The van der Waals surface area contributed by atoms with Crippen LogP contribution in [0.4, 0.5) is 0 Å².